The standard InChI is InChI=1S/C21H32ClNOS2/c1-4-7-12-18(22)21(24)23(15-19-25-13-9-14-26-19)20-16(5-2)10-8-11-17(20)6-3/h8,10-11,18-19H,4-7,9,12-15H2,1-3H3. The molecule has 146 valence electrons. The third kappa shape index (κ3) is 5.84. The Morgan fingerprint density at radius 3 is 2.35 bits per heavy atom. The molecule has 26 heavy (non-hydrogen) atoms. The number of benzene rings is 1. The number of nitrogens with zero attached hydrogens (tertiary/aromatic N) is 1. The van der Waals surface area contributed by atoms with Crippen LogP contribution >= 0.6 is 35.1 Å². The summed E-state index contributed by atoms with van der Waals surface area (Å²) in [5.74, 6) is 2.47. The van der Waals surface area contributed by atoms with Crippen molar-refractivity contribution < 1.29 is 4.79 Å². The first-order chi connectivity index (χ1) is 12.6. The van der Waals surface area contributed by atoms with Crippen molar-refractivity contribution in [2.45, 2.75) is 69.3 Å². The molecule has 1 unspecified atom stereocenters. The number of alkyl halides is 1. The van der Waals surface area contributed by atoms with E-state index in [9.17, 15) is 4.79 Å². The molecule has 1 atom stereocenters. The predicted molar refractivity (Wildman–Crippen MR) is 120 cm³/mol. The Bertz CT molecular complexity index is 553. The SMILES string of the molecule is CCCCC(Cl)C(=O)N(CC1SCCCS1)c1c(CC)cccc1CC. The van der Waals surface area contributed by atoms with Crippen molar-refractivity contribution in [3.63, 3.8) is 0 Å². The van der Waals surface area contributed by atoms with Gasteiger partial charge in [0.25, 0.3) is 0 Å². The third-order valence-electron chi connectivity index (χ3n) is 4.81. The van der Waals surface area contributed by atoms with Gasteiger partial charge in [0.05, 0.1) is 10.3 Å². The smallest absolute Gasteiger partial charge is 0.245 e. The van der Waals surface area contributed by atoms with Crippen LogP contribution in [-0.4, -0.2) is 33.9 Å². The molecule has 0 N–H and O–H groups in total. The molecule has 1 amide bonds. The van der Waals surface area contributed by atoms with Crippen molar-refractivity contribution >= 4 is 46.7 Å². The Morgan fingerprint density at radius 1 is 1.19 bits per heavy atom. The van der Waals surface area contributed by atoms with Gasteiger partial charge in [-0.25, -0.2) is 0 Å². The first-order valence-electron chi connectivity index (χ1n) is 9.91. The maximum Gasteiger partial charge on any atom is 0.245 e. The lowest BCUT2D eigenvalue weighted by molar-refractivity contribution is -0.118. The highest BCUT2D eigenvalue weighted by Crippen LogP contribution is 2.35. The Balaban J connectivity index is 2.34. The number of anilines is 1. The van der Waals surface area contributed by atoms with Gasteiger partial charge in [-0.05, 0) is 48.3 Å². The average Bonchev–Trinajstić information content (AvgIpc) is 2.69. The lowest BCUT2D eigenvalue weighted by Gasteiger charge is -2.33. The Labute approximate surface area is 172 Å². The summed E-state index contributed by atoms with van der Waals surface area (Å²) in [6.45, 7) is 7.23. The molecule has 0 radical (unpaired) electrons. The number of carbonyl (C=O) groups is 1. The van der Waals surface area contributed by atoms with E-state index < -0.39 is 5.38 Å². The van der Waals surface area contributed by atoms with E-state index >= 15 is 0 Å². The fraction of sp³-hybridized carbons (Fsp3) is 0.667. The molecule has 1 fully saturated rings. The van der Waals surface area contributed by atoms with E-state index in [0.29, 0.717) is 4.58 Å². The molecule has 2 rings (SSSR count). The van der Waals surface area contributed by atoms with Crippen LogP contribution in [0.4, 0.5) is 5.69 Å². The van der Waals surface area contributed by atoms with Gasteiger partial charge in [-0.3, -0.25) is 4.79 Å². The summed E-state index contributed by atoms with van der Waals surface area (Å²) in [7, 11) is 0. The van der Waals surface area contributed by atoms with Gasteiger partial charge in [0.15, 0.2) is 0 Å². The molecule has 0 bridgehead atoms. The summed E-state index contributed by atoms with van der Waals surface area (Å²) in [6, 6.07) is 6.43. The summed E-state index contributed by atoms with van der Waals surface area (Å²) >= 11 is 10.5. The monoisotopic (exact) mass is 413 g/mol. The van der Waals surface area contributed by atoms with E-state index in [0.717, 1.165) is 44.3 Å². The first kappa shape index (κ1) is 22.0. The highest BCUT2D eigenvalue weighted by Gasteiger charge is 2.29. The van der Waals surface area contributed by atoms with E-state index in [-0.39, 0.29) is 5.91 Å². The molecule has 0 spiro atoms. The minimum absolute atomic E-state index is 0.0856. The average molecular weight is 414 g/mol. The van der Waals surface area contributed by atoms with Crippen LogP contribution in [0.25, 0.3) is 0 Å². The lowest BCUT2D eigenvalue weighted by atomic mass is 10.0. The zero-order valence-electron chi connectivity index (χ0n) is 16.3. The minimum atomic E-state index is -0.428. The van der Waals surface area contributed by atoms with Gasteiger partial charge in [-0.1, -0.05) is 51.8 Å². The molecule has 0 aromatic heterocycles. The number of para-hydroxylation sites is 1. The third-order valence-corrected chi connectivity index (χ3v) is 8.12. The largest absolute Gasteiger partial charge is 0.309 e. The Morgan fingerprint density at radius 2 is 1.81 bits per heavy atom. The van der Waals surface area contributed by atoms with Gasteiger partial charge in [-0.2, -0.15) is 0 Å². The lowest BCUT2D eigenvalue weighted by Crippen LogP contribution is -2.42. The second kappa shape index (κ2) is 11.5. The number of hydrogen-bond donors (Lipinski definition) is 0. The number of amides is 1. The van der Waals surface area contributed by atoms with Crippen LogP contribution in [0, 0.1) is 0 Å². The van der Waals surface area contributed by atoms with Crippen molar-refractivity contribution in [3.05, 3.63) is 29.3 Å². The van der Waals surface area contributed by atoms with Crippen LogP contribution in [-0.2, 0) is 17.6 Å². The molecule has 2 nitrogen and oxygen atoms in total. The van der Waals surface area contributed by atoms with Crippen molar-refractivity contribution in [1.29, 1.82) is 0 Å². The molecule has 0 saturated carbocycles. The van der Waals surface area contributed by atoms with Crippen LogP contribution in [0.2, 0.25) is 0 Å². The molecule has 1 aliphatic rings. The highest BCUT2D eigenvalue weighted by molar-refractivity contribution is 8.17. The van der Waals surface area contributed by atoms with Crippen LogP contribution in [0.3, 0.4) is 0 Å². The highest BCUT2D eigenvalue weighted by atomic mass is 35.5. The van der Waals surface area contributed by atoms with Crippen molar-refractivity contribution in [1.82, 2.24) is 0 Å². The molecule has 1 aromatic rings. The molecular weight excluding hydrogens is 382 g/mol. The molecule has 1 heterocycles. The first-order valence-corrected chi connectivity index (χ1v) is 12.4. The maximum absolute atomic E-state index is 13.3. The zero-order valence-corrected chi connectivity index (χ0v) is 18.7. The second-order valence-corrected chi connectivity index (χ2v) is 10.2. The summed E-state index contributed by atoms with van der Waals surface area (Å²) in [5.41, 5.74) is 3.63. The van der Waals surface area contributed by atoms with Crippen LogP contribution in [0.15, 0.2) is 18.2 Å². The number of rotatable bonds is 9. The fourth-order valence-electron chi connectivity index (χ4n) is 3.32. The van der Waals surface area contributed by atoms with Gasteiger partial charge >= 0.3 is 0 Å². The van der Waals surface area contributed by atoms with Crippen LogP contribution in [0.5, 0.6) is 0 Å². The molecule has 5 heteroatoms. The van der Waals surface area contributed by atoms with E-state index in [1.54, 1.807) is 0 Å². The maximum atomic E-state index is 13.3. The zero-order chi connectivity index (χ0) is 18.9. The number of aryl methyl sites for hydroxylation is 2. The van der Waals surface area contributed by atoms with Gasteiger partial charge < -0.3 is 4.90 Å². The Hall–Kier alpha value is -0.320. The van der Waals surface area contributed by atoms with Crippen molar-refractivity contribution in [2.75, 3.05) is 23.0 Å². The number of hydrogen-bond acceptors (Lipinski definition) is 3. The predicted octanol–water partition coefficient (Wildman–Crippen LogP) is 6.14. The van der Waals surface area contributed by atoms with Gasteiger partial charge in [-0.15, -0.1) is 35.1 Å². The van der Waals surface area contributed by atoms with Gasteiger partial charge in [0.1, 0.15) is 5.38 Å². The summed E-state index contributed by atoms with van der Waals surface area (Å²) < 4.78 is 0.442. The van der Waals surface area contributed by atoms with Gasteiger partial charge in [0.2, 0.25) is 5.91 Å². The second-order valence-electron chi connectivity index (χ2n) is 6.72. The van der Waals surface area contributed by atoms with E-state index in [1.807, 2.05) is 28.4 Å². The minimum Gasteiger partial charge on any atom is -0.309 e. The van der Waals surface area contributed by atoms with Crippen LogP contribution < -0.4 is 4.90 Å². The normalized spacial score (nSPS) is 16.5. The molecule has 1 aromatic carbocycles. The van der Waals surface area contributed by atoms with E-state index in [1.165, 1.54) is 29.1 Å². The fourth-order valence-corrected chi connectivity index (χ4v) is 6.39. The summed E-state index contributed by atoms with van der Waals surface area (Å²) in [6.07, 6.45) is 5.95. The van der Waals surface area contributed by atoms with Gasteiger partial charge in [0, 0.05) is 6.54 Å². The van der Waals surface area contributed by atoms with Crippen molar-refractivity contribution in [2.24, 2.45) is 0 Å². The molecule has 1 aliphatic heterocycles. The van der Waals surface area contributed by atoms with Crippen LogP contribution in [0.1, 0.15) is 57.6 Å². The van der Waals surface area contributed by atoms with Crippen molar-refractivity contribution in [3.8, 4) is 0 Å². The number of halogens is 1. The molecule has 1 saturated heterocycles. The number of carbonyl (C=O) groups excluding carboxylic acids is 1. The van der Waals surface area contributed by atoms with E-state index in [2.05, 4.69) is 39.0 Å². The summed E-state index contributed by atoms with van der Waals surface area (Å²) in [4.78, 5) is 15.4. The molecular formula is C21H32ClNOS2. The number of thioether (sulfide) groups is 2. The van der Waals surface area contributed by atoms with E-state index in [4.69, 9.17) is 11.6 Å². The number of unbranched alkanes of at least 4 members (excludes halogenated alkanes) is 1. The quantitative estimate of drug-likeness (QED) is 0.453. The topological polar surface area (TPSA) is 20.3 Å². The Kier molecular flexibility index (Phi) is 9.73. The molecule has 0 aliphatic carbocycles. The summed E-state index contributed by atoms with van der Waals surface area (Å²) in [5, 5.41) is -0.428.